The molecule has 7 heteroatoms. The minimum atomic E-state index is -0.0424. The van der Waals surface area contributed by atoms with Crippen LogP contribution in [0.1, 0.15) is 36.1 Å². The lowest BCUT2D eigenvalue weighted by Gasteiger charge is -2.32. The molecule has 1 aliphatic heterocycles. The molecular weight excluding hydrogens is 376 g/mol. The summed E-state index contributed by atoms with van der Waals surface area (Å²) < 4.78 is 7.34. The monoisotopic (exact) mass is 398 g/mol. The van der Waals surface area contributed by atoms with Crippen molar-refractivity contribution in [2.45, 2.75) is 26.8 Å². The van der Waals surface area contributed by atoms with Crippen molar-refractivity contribution in [3.63, 3.8) is 0 Å². The normalized spacial score (nSPS) is 15.8. The second-order valence-electron chi connectivity index (χ2n) is 6.73. The summed E-state index contributed by atoms with van der Waals surface area (Å²) in [6.45, 7) is 7.17. The molecular formula is C21H23ClN4O2. The summed E-state index contributed by atoms with van der Waals surface area (Å²) in [5, 5.41) is 4.49. The van der Waals surface area contributed by atoms with Gasteiger partial charge < -0.3 is 9.64 Å². The van der Waals surface area contributed by atoms with E-state index in [0.717, 1.165) is 28.3 Å². The number of rotatable bonds is 4. The lowest BCUT2D eigenvalue weighted by molar-refractivity contribution is 0.0954. The number of carbonyl (C=O) groups excluding carboxylic acids is 1. The van der Waals surface area contributed by atoms with Gasteiger partial charge in [-0.2, -0.15) is 5.10 Å². The van der Waals surface area contributed by atoms with Crippen molar-refractivity contribution in [1.82, 2.24) is 14.8 Å². The summed E-state index contributed by atoms with van der Waals surface area (Å²) in [5.74, 6) is 0.760. The Morgan fingerprint density at radius 1 is 1.21 bits per heavy atom. The third kappa shape index (κ3) is 3.47. The van der Waals surface area contributed by atoms with Gasteiger partial charge in [0.05, 0.1) is 18.8 Å². The molecule has 0 bridgehead atoms. The second-order valence-corrected chi connectivity index (χ2v) is 6.73. The third-order valence-electron chi connectivity index (χ3n) is 4.77. The number of aryl methyl sites for hydroxylation is 1. The summed E-state index contributed by atoms with van der Waals surface area (Å²) in [6, 6.07) is 11.6. The Morgan fingerprint density at radius 2 is 1.96 bits per heavy atom. The van der Waals surface area contributed by atoms with Crippen LogP contribution in [-0.4, -0.2) is 33.8 Å². The van der Waals surface area contributed by atoms with Gasteiger partial charge in [-0.05, 0) is 62.7 Å². The number of carbonyl (C=O) groups is 1. The van der Waals surface area contributed by atoms with Crippen LogP contribution < -0.4 is 9.64 Å². The van der Waals surface area contributed by atoms with E-state index >= 15 is 0 Å². The van der Waals surface area contributed by atoms with Gasteiger partial charge in [-0.3, -0.25) is 14.5 Å². The van der Waals surface area contributed by atoms with Gasteiger partial charge in [-0.1, -0.05) is 0 Å². The van der Waals surface area contributed by atoms with E-state index in [1.165, 1.54) is 0 Å². The molecule has 1 aliphatic rings. The van der Waals surface area contributed by atoms with E-state index in [1.54, 1.807) is 12.4 Å². The molecule has 0 fully saturated rings. The minimum Gasteiger partial charge on any atom is -0.494 e. The van der Waals surface area contributed by atoms with Crippen LogP contribution in [0.3, 0.4) is 0 Å². The van der Waals surface area contributed by atoms with Crippen molar-refractivity contribution in [2.24, 2.45) is 0 Å². The molecule has 6 nitrogen and oxygen atoms in total. The highest BCUT2D eigenvalue weighted by Crippen LogP contribution is 2.33. The van der Waals surface area contributed by atoms with Crippen molar-refractivity contribution in [2.75, 3.05) is 18.1 Å². The molecule has 1 aromatic carbocycles. The SMILES string of the molecule is CCOc1ccc(N2C[C@H](C)n3ncc(-c4ccnc(C)c4)c3C2=O)cc1.Cl. The van der Waals surface area contributed by atoms with Gasteiger partial charge in [0.15, 0.2) is 0 Å². The fourth-order valence-corrected chi connectivity index (χ4v) is 3.50. The van der Waals surface area contributed by atoms with Gasteiger partial charge >= 0.3 is 0 Å². The predicted molar refractivity (Wildman–Crippen MR) is 111 cm³/mol. The van der Waals surface area contributed by atoms with Crippen molar-refractivity contribution >= 4 is 24.0 Å². The molecule has 146 valence electrons. The fourth-order valence-electron chi connectivity index (χ4n) is 3.50. The van der Waals surface area contributed by atoms with Gasteiger partial charge in [0.25, 0.3) is 5.91 Å². The molecule has 4 rings (SSSR count). The van der Waals surface area contributed by atoms with Gasteiger partial charge in [0.2, 0.25) is 0 Å². The Labute approximate surface area is 170 Å². The Balaban J connectivity index is 0.00000225. The molecule has 0 saturated carbocycles. The number of pyridine rings is 1. The molecule has 0 saturated heterocycles. The van der Waals surface area contributed by atoms with Gasteiger partial charge in [-0.15, -0.1) is 12.4 Å². The smallest absolute Gasteiger partial charge is 0.277 e. The number of benzene rings is 1. The number of halogens is 1. The fraction of sp³-hybridized carbons (Fsp3) is 0.286. The first-order valence-corrected chi connectivity index (χ1v) is 9.13. The molecule has 0 radical (unpaired) electrons. The highest BCUT2D eigenvalue weighted by Gasteiger charge is 2.33. The maximum Gasteiger partial charge on any atom is 0.277 e. The zero-order valence-electron chi connectivity index (χ0n) is 16.1. The van der Waals surface area contributed by atoms with Crippen LogP contribution in [0.5, 0.6) is 5.75 Å². The number of ether oxygens (including phenoxy) is 1. The number of fused-ring (bicyclic) bond motifs is 1. The first-order chi connectivity index (χ1) is 13.1. The molecule has 0 spiro atoms. The van der Waals surface area contributed by atoms with E-state index in [1.807, 2.05) is 59.8 Å². The number of nitrogens with zero attached hydrogens (tertiary/aromatic N) is 4. The standard InChI is InChI=1S/C21H22N4O2.ClH/c1-4-27-18-7-5-17(6-8-18)24-13-15(3)25-20(21(24)26)19(12-23-25)16-9-10-22-14(2)11-16;/h5-12,15H,4,13H2,1-3H3;1H/t15-;/m0./s1. The second kappa shape index (κ2) is 8.02. The maximum atomic E-state index is 13.3. The van der Waals surface area contributed by atoms with Crippen LogP contribution in [0, 0.1) is 6.92 Å². The highest BCUT2D eigenvalue weighted by molar-refractivity contribution is 6.09. The van der Waals surface area contributed by atoms with E-state index in [-0.39, 0.29) is 24.4 Å². The average Bonchev–Trinajstić information content (AvgIpc) is 3.12. The largest absolute Gasteiger partial charge is 0.494 e. The molecule has 0 N–H and O–H groups in total. The Morgan fingerprint density at radius 3 is 2.64 bits per heavy atom. The van der Waals surface area contributed by atoms with Gasteiger partial charge in [-0.25, -0.2) is 0 Å². The third-order valence-corrected chi connectivity index (χ3v) is 4.77. The predicted octanol–water partition coefficient (Wildman–Crippen LogP) is 4.30. The molecule has 2 aromatic heterocycles. The summed E-state index contributed by atoms with van der Waals surface area (Å²) in [6.07, 6.45) is 3.54. The Kier molecular flexibility index (Phi) is 5.70. The molecule has 3 aromatic rings. The number of aromatic nitrogens is 3. The lowest BCUT2D eigenvalue weighted by atomic mass is 10.0. The minimum absolute atomic E-state index is 0. The summed E-state index contributed by atoms with van der Waals surface area (Å²) in [5.41, 5.74) is 4.19. The zero-order valence-corrected chi connectivity index (χ0v) is 16.9. The van der Waals surface area contributed by atoms with E-state index in [2.05, 4.69) is 17.0 Å². The van der Waals surface area contributed by atoms with Crippen molar-refractivity contribution < 1.29 is 9.53 Å². The topological polar surface area (TPSA) is 60.2 Å². The molecule has 1 amide bonds. The Bertz CT molecular complexity index is 984. The van der Waals surface area contributed by atoms with E-state index in [4.69, 9.17) is 4.74 Å². The Hall–Kier alpha value is -2.86. The zero-order chi connectivity index (χ0) is 19.0. The molecule has 0 aliphatic carbocycles. The van der Waals surface area contributed by atoms with E-state index < -0.39 is 0 Å². The van der Waals surface area contributed by atoms with Gasteiger partial charge in [0.1, 0.15) is 11.4 Å². The first-order valence-electron chi connectivity index (χ1n) is 9.13. The quantitative estimate of drug-likeness (QED) is 0.657. The molecule has 28 heavy (non-hydrogen) atoms. The van der Waals surface area contributed by atoms with E-state index in [0.29, 0.717) is 18.8 Å². The maximum absolute atomic E-state index is 13.3. The number of hydrogen-bond donors (Lipinski definition) is 0. The molecule has 3 heterocycles. The average molecular weight is 399 g/mol. The first kappa shape index (κ1) is 19.9. The van der Waals surface area contributed by atoms with Crippen LogP contribution in [0.4, 0.5) is 5.69 Å². The van der Waals surface area contributed by atoms with Crippen LogP contribution >= 0.6 is 12.4 Å². The van der Waals surface area contributed by atoms with Crippen molar-refractivity contribution in [1.29, 1.82) is 0 Å². The number of amides is 1. The number of hydrogen-bond acceptors (Lipinski definition) is 4. The van der Waals surface area contributed by atoms with Crippen molar-refractivity contribution in [3.05, 3.63) is 60.2 Å². The van der Waals surface area contributed by atoms with Crippen LogP contribution in [0.2, 0.25) is 0 Å². The van der Waals surface area contributed by atoms with Crippen LogP contribution in [-0.2, 0) is 0 Å². The van der Waals surface area contributed by atoms with Crippen LogP contribution in [0.25, 0.3) is 11.1 Å². The van der Waals surface area contributed by atoms with E-state index in [9.17, 15) is 4.79 Å². The highest BCUT2D eigenvalue weighted by atomic mass is 35.5. The number of anilines is 1. The van der Waals surface area contributed by atoms with Crippen LogP contribution in [0.15, 0.2) is 48.8 Å². The molecule has 0 unspecified atom stereocenters. The summed E-state index contributed by atoms with van der Waals surface area (Å²) in [4.78, 5) is 19.4. The van der Waals surface area contributed by atoms with Gasteiger partial charge in [0, 0.05) is 29.7 Å². The van der Waals surface area contributed by atoms with Crippen molar-refractivity contribution in [3.8, 4) is 16.9 Å². The molecule has 1 atom stereocenters. The summed E-state index contributed by atoms with van der Waals surface area (Å²) >= 11 is 0. The lowest BCUT2D eigenvalue weighted by Crippen LogP contribution is -2.42. The summed E-state index contributed by atoms with van der Waals surface area (Å²) in [7, 11) is 0.